The number of carbonyl (C=O) groups is 1. The zero-order valence-corrected chi connectivity index (χ0v) is 16.9. The first kappa shape index (κ1) is 18.9. The molecular weight excluding hydrogens is 396 g/mol. The van der Waals surface area contributed by atoms with E-state index in [1.54, 1.807) is 19.2 Å². The van der Waals surface area contributed by atoms with Crippen LogP contribution in [0, 0.1) is 5.92 Å². The largest absolute Gasteiger partial charge is 0.298 e. The first-order valence-corrected chi connectivity index (χ1v) is 10.4. The Morgan fingerprint density at radius 2 is 2.04 bits per heavy atom. The maximum Gasteiger partial charge on any atom is 0.257 e. The highest BCUT2D eigenvalue weighted by atomic mass is 35.5. The molecule has 0 bridgehead atoms. The lowest BCUT2D eigenvalue weighted by Crippen LogP contribution is -2.16. The minimum Gasteiger partial charge on any atom is -0.298 e. The molecule has 7 nitrogen and oxygen atoms in total. The van der Waals surface area contributed by atoms with Gasteiger partial charge in [0.15, 0.2) is 5.13 Å². The number of nitrogens with one attached hydrogen (secondary N) is 1. The summed E-state index contributed by atoms with van der Waals surface area (Å²) in [4.78, 5) is 17.1. The maximum absolute atomic E-state index is 13.0. The molecule has 9 heteroatoms. The number of benzene rings is 1. The number of allylic oxidation sites excluding steroid dienone is 1. The van der Waals surface area contributed by atoms with Gasteiger partial charge in [0.1, 0.15) is 0 Å². The molecule has 1 aromatic heterocycles. The van der Waals surface area contributed by atoms with Crippen LogP contribution < -0.4 is 5.32 Å². The van der Waals surface area contributed by atoms with E-state index in [4.69, 9.17) is 11.6 Å². The molecule has 4 rings (SSSR count). The smallest absolute Gasteiger partial charge is 0.257 e. The third-order valence-corrected chi connectivity index (χ3v) is 6.01. The lowest BCUT2D eigenvalue weighted by molar-refractivity contribution is -0.111. The molecule has 2 aromatic rings. The van der Waals surface area contributed by atoms with Crippen molar-refractivity contribution in [3.8, 4) is 0 Å². The zero-order chi connectivity index (χ0) is 19.6. The highest BCUT2D eigenvalue weighted by Crippen LogP contribution is 2.38. The molecule has 0 spiro atoms. The van der Waals surface area contributed by atoms with Crippen LogP contribution in [0.3, 0.4) is 0 Å². The van der Waals surface area contributed by atoms with Crippen LogP contribution >= 0.6 is 22.9 Å². The molecule has 1 aromatic carbocycles. The second-order valence-corrected chi connectivity index (χ2v) is 8.31. The predicted molar refractivity (Wildman–Crippen MR) is 109 cm³/mol. The van der Waals surface area contributed by atoms with Crippen molar-refractivity contribution in [2.45, 2.75) is 38.3 Å². The molecule has 1 N–H and O–H groups in total. The van der Waals surface area contributed by atoms with Gasteiger partial charge >= 0.3 is 0 Å². The van der Waals surface area contributed by atoms with Crippen molar-refractivity contribution in [2.24, 2.45) is 26.6 Å². The van der Waals surface area contributed by atoms with E-state index in [9.17, 15) is 4.79 Å². The summed E-state index contributed by atoms with van der Waals surface area (Å²) in [5, 5.41) is 21.0. The Balaban J connectivity index is 1.68. The Hall–Kier alpha value is -2.45. The average molecular weight is 415 g/mol. The molecule has 144 valence electrons. The number of nitrogens with zero attached hydrogens (tertiary/aromatic N) is 5. The highest BCUT2D eigenvalue weighted by Gasteiger charge is 2.32. The minimum atomic E-state index is -0.923. The fourth-order valence-corrected chi connectivity index (χ4v) is 4.40. The first-order chi connectivity index (χ1) is 13.5. The molecule has 1 amide bonds. The number of rotatable bonds is 5. The van der Waals surface area contributed by atoms with Gasteiger partial charge in [-0.1, -0.05) is 42.7 Å². The Bertz CT molecular complexity index is 951. The molecule has 2 aliphatic rings. The first-order valence-electron chi connectivity index (χ1n) is 9.12. The molecule has 1 fully saturated rings. The summed E-state index contributed by atoms with van der Waals surface area (Å²) in [6, 6.07) is 5.49. The van der Waals surface area contributed by atoms with Crippen molar-refractivity contribution in [3.63, 3.8) is 0 Å². The van der Waals surface area contributed by atoms with E-state index in [1.165, 1.54) is 24.2 Å². The van der Waals surface area contributed by atoms with Crippen molar-refractivity contribution in [2.75, 3.05) is 5.32 Å². The molecule has 1 aliphatic heterocycles. The normalized spacial score (nSPS) is 18.7. The lowest BCUT2D eigenvalue weighted by Gasteiger charge is -2.17. The van der Waals surface area contributed by atoms with Crippen LogP contribution in [0.1, 0.15) is 43.7 Å². The van der Waals surface area contributed by atoms with E-state index in [0.29, 0.717) is 27.2 Å². The Labute approximate surface area is 171 Å². The van der Waals surface area contributed by atoms with Crippen molar-refractivity contribution >= 4 is 39.5 Å². The average Bonchev–Trinajstić information content (AvgIpc) is 3.43. The third kappa shape index (κ3) is 3.88. The second kappa shape index (κ2) is 7.89. The standard InChI is InChI=1S/C19H19ClN6OS/c1-19(23-25-26-24-19)15-7-6-13(11-16(15)20)14(10-12-4-2-3-5-12)17(27)22-18-21-8-9-28-18/h6-12H,2-5H2,1H3,(H,21,22,27)/b14-10+. The molecule has 28 heavy (non-hydrogen) atoms. The molecule has 2 heterocycles. The van der Waals surface area contributed by atoms with Crippen LogP contribution in [-0.4, -0.2) is 10.9 Å². The van der Waals surface area contributed by atoms with Gasteiger partial charge in [0, 0.05) is 27.7 Å². The quantitative estimate of drug-likeness (QED) is 0.606. The van der Waals surface area contributed by atoms with Gasteiger partial charge in [-0.25, -0.2) is 4.98 Å². The van der Waals surface area contributed by atoms with Crippen LogP contribution in [0.25, 0.3) is 5.57 Å². The number of hydrogen-bond donors (Lipinski definition) is 1. The van der Waals surface area contributed by atoms with E-state index in [2.05, 4.69) is 37.1 Å². The van der Waals surface area contributed by atoms with Gasteiger partial charge in [0.25, 0.3) is 5.91 Å². The Morgan fingerprint density at radius 1 is 1.29 bits per heavy atom. The molecule has 0 unspecified atom stereocenters. The fourth-order valence-electron chi connectivity index (χ4n) is 3.52. The topological polar surface area (TPSA) is 91.4 Å². The van der Waals surface area contributed by atoms with Gasteiger partial charge in [-0.15, -0.1) is 21.6 Å². The predicted octanol–water partition coefficient (Wildman–Crippen LogP) is 6.01. The van der Waals surface area contributed by atoms with Gasteiger partial charge in [-0.2, -0.15) is 0 Å². The van der Waals surface area contributed by atoms with Crippen molar-refractivity contribution < 1.29 is 4.79 Å². The van der Waals surface area contributed by atoms with Crippen molar-refractivity contribution in [1.82, 2.24) is 4.98 Å². The minimum absolute atomic E-state index is 0.183. The van der Waals surface area contributed by atoms with Gasteiger partial charge in [-0.05, 0) is 47.8 Å². The monoisotopic (exact) mass is 414 g/mol. The fraction of sp³-hybridized carbons (Fsp3) is 0.368. The molecular formula is C19H19ClN6OS. The number of anilines is 1. The Kier molecular flexibility index (Phi) is 5.32. The summed E-state index contributed by atoms with van der Waals surface area (Å²) in [6.45, 7) is 1.79. The second-order valence-electron chi connectivity index (χ2n) is 7.01. The number of hydrogen-bond acceptors (Lipinski definition) is 7. The van der Waals surface area contributed by atoms with Crippen LogP contribution in [-0.2, 0) is 10.5 Å². The number of amides is 1. The molecule has 1 aliphatic carbocycles. The summed E-state index contributed by atoms with van der Waals surface area (Å²) < 4.78 is 0. The summed E-state index contributed by atoms with van der Waals surface area (Å²) in [7, 11) is 0. The van der Waals surface area contributed by atoms with Crippen LogP contribution in [0.15, 0.2) is 56.5 Å². The molecule has 0 radical (unpaired) electrons. The zero-order valence-electron chi connectivity index (χ0n) is 15.3. The van der Waals surface area contributed by atoms with E-state index in [1.807, 2.05) is 17.5 Å². The lowest BCUT2D eigenvalue weighted by atomic mass is 9.95. The van der Waals surface area contributed by atoms with Crippen LogP contribution in [0.5, 0.6) is 0 Å². The van der Waals surface area contributed by atoms with Gasteiger partial charge < -0.3 is 0 Å². The third-order valence-electron chi connectivity index (χ3n) is 5.01. The van der Waals surface area contributed by atoms with E-state index < -0.39 is 5.66 Å². The molecule has 0 atom stereocenters. The van der Waals surface area contributed by atoms with Crippen molar-refractivity contribution in [3.05, 3.63) is 52.0 Å². The summed E-state index contributed by atoms with van der Waals surface area (Å²) in [5.74, 6) is 0.211. The summed E-state index contributed by atoms with van der Waals surface area (Å²) >= 11 is 7.92. The van der Waals surface area contributed by atoms with Gasteiger partial charge in [0.05, 0.1) is 0 Å². The summed E-state index contributed by atoms with van der Waals surface area (Å²) in [5.41, 5.74) is 1.14. The maximum atomic E-state index is 13.0. The molecule has 1 saturated carbocycles. The number of carbonyl (C=O) groups excluding carboxylic acids is 1. The van der Waals surface area contributed by atoms with Gasteiger partial charge in [0.2, 0.25) is 5.66 Å². The number of thiazole rings is 1. The van der Waals surface area contributed by atoms with Crippen LogP contribution in [0.2, 0.25) is 5.02 Å². The van der Waals surface area contributed by atoms with Crippen LogP contribution in [0.4, 0.5) is 5.13 Å². The SMILES string of the molecule is CC1(c2ccc(/C(=C\C3CCCC3)C(=O)Nc3nccs3)cc2Cl)N=NN=N1. The number of aromatic nitrogens is 1. The highest BCUT2D eigenvalue weighted by molar-refractivity contribution is 7.13. The van der Waals surface area contributed by atoms with E-state index in [0.717, 1.165) is 18.4 Å². The molecule has 0 saturated heterocycles. The van der Waals surface area contributed by atoms with Gasteiger partial charge in [-0.3, -0.25) is 10.1 Å². The van der Waals surface area contributed by atoms with E-state index in [-0.39, 0.29) is 5.91 Å². The number of halogens is 1. The van der Waals surface area contributed by atoms with Crippen molar-refractivity contribution in [1.29, 1.82) is 0 Å². The van der Waals surface area contributed by atoms with E-state index >= 15 is 0 Å². The Morgan fingerprint density at radius 3 is 2.68 bits per heavy atom. The summed E-state index contributed by atoms with van der Waals surface area (Å²) in [6.07, 6.45) is 8.31.